The van der Waals surface area contributed by atoms with Crippen molar-refractivity contribution in [2.45, 2.75) is 38.0 Å². The van der Waals surface area contributed by atoms with Crippen molar-refractivity contribution in [2.24, 2.45) is 0 Å². The number of benzene rings is 2. The molecule has 0 radical (unpaired) electrons. The zero-order valence-electron chi connectivity index (χ0n) is 15.4. The Labute approximate surface area is 159 Å². The lowest BCUT2D eigenvalue weighted by atomic mass is 9.88. The third-order valence-corrected chi connectivity index (χ3v) is 5.85. The van der Waals surface area contributed by atoms with E-state index < -0.39 is 5.60 Å². The van der Waals surface area contributed by atoms with Crippen molar-refractivity contribution < 1.29 is 14.3 Å². The summed E-state index contributed by atoms with van der Waals surface area (Å²) in [6.45, 7) is 2.89. The summed E-state index contributed by atoms with van der Waals surface area (Å²) in [6.07, 6.45) is 1.61. The summed E-state index contributed by atoms with van der Waals surface area (Å²) in [4.78, 5) is 16.9. The summed E-state index contributed by atoms with van der Waals surface area (Å²) in [7, 11) is 0. The molecule has 4 rings (SSSR count). The number of aliphatic hydroxyl groups is 1. The fourth-order valence-electron chi connectivity index (χ4n) is 4.13. The van der Waals surface area contributed by atoms with Gasteiger partial charge in [-0.2, -0.15) is 0 Å². The highest BCUT2D eigenvalue weighted by Gasteiger charge is 2.42. The Morgan fingerprint density at radius 2 is 1.67 bits per heavy atom. The van der Waals surface area contributed by atoms with Crippen LogP contribution in [-0.2, 0) is 24.3 Å². The molecule has 1 saturated heterocycles. The molecule has 1 fully saturated rings. The molecule has 4 nitrogen and oxygen atoms in total. The van der Waals surface area contributed by atoms with E-state index >= 15 is 0 Å². The number of nitrogens with zero attached hydrogens (tertiary/aromatic N) is 2. The second kappa shape index (κ2) is 7.41. The Kier molecular flexibility index (Phi) is 4.98. The normalized spacial score (nSPS) is 19.6. The van der Waals surface area contributed by atoms with Gasteiger partial charge < -0.3 is 10.0 Å². The molecule has 2 aromatic carbocycles. The van der Waals surface area contributed by atoms with Gasteiger partial charge in [-0.3, -0.25) is 9.69 Å². The lowest BCUT2D eigenvalue weighted by Gasteiger charge is -2.41. The van der Waals surface area contributed by atoms with Gasteiger partial charge in [-0.15, -0.1) is 0 Å². The number of carbonyl (C=O) groups excluding carboxylic acids is 1. The average molecular weight is 368 g/mol. The lowest BCUT2D eigenvalue weighted by Crippen LogP contribution is -2.55. The number of hydrogen-bond donors (Lipinski definition) is 1. The fraction of sp³-hybridized carbons (Fsp3) is 0.409. The summed E-state index contributed by atoms with van der Waals surface area (Å²) < 4.78 is 13.9. The molecule has 27 heavy (non-hydrogen) atoms. The van der Waals surface area contributed by atoms with E-state index in [2.05, 4.69) is 17.0 Å². The van der Waals surface area contributed by atoms with Crippen LogP contribution in [0.15, 0.2) is 48.5 Å². The predicted molar refractivity (Wildman–Crippen MR) is 101 cm³/mol. The van der Waals surface area contributed by atoms with Crippen molar-refractivity contribution in [1.29, 1.82) is 0 Å². The maximum absolute atomic E-state index is 13.9. The summed E-state index contributed by atoms with van der Waals surface area (Å²) in [6, 6.07) is 14.9. The highest BCUT2D eigenvalue weighted by atomic mass is 19.1. The van der Waals surface area contributed by atoms with Crippen LogP contribution in [-0.4, -0.2) is 46.0 Å². The minimum absolute atomic E-state index is 0.164. The number of likely N-dealkylation sites (tertiary alicyclic amines) is 1. The smallest absolute Gasteiger partial charge is 0.254 e. The van der Waals surface area contributed by atoms with Gasteiger partial charge >= 0.3 is 0 Å². The van der Waals surface area contributed by atoms with E-state index in [1.165, 1.54) is 11.6 Å². The van der Waals surface area contributed by atoms with E-state index in [1.54, 1.807) is 17.0 Å². The Bertz CT molecular complexity index is 831. The monoisotopic (exact) mass is 368 g/mol. The molecule has 0 spiro atoms. The molecular weight excluding hydrogens is 343 g/mol. The van der Waals surface area contributed by atoms with E-state index in [0.717, 1.165) is 12.0 Å². The Morgan fingerprint density at radius 3 is 2.41 bits per heavy atom. The van der Waals surface area contributed by atoms with Crippen LogP contribution in [0.4, 0.5) is 4.39 Å². The zero-order chi connectivity index (χ0) is 18.9. The van der Waals surface area contributed by atoms with Gasteiger partial charge in [-0.05, 0) is 36.5 Å². The molecule has 5 heteroatoms. The molecule has 2 heterocycles. The van der Waals surface area contributed by atoms with Crippen LogP contribution < -0.4 is 0 Å². The topological polar surface area (TPSA) is 43.8 Å². The van der Waals surface area contributed by atoms with Crippen molar-refractivity contribution in [3.8, 4) is 0 Å². The first-order valence-corrected chi connectivity index (χ1v) is 9.59. The first-order chi connectivity index (χ1) is 13.0. The van der Waals surface area contributed by atoms with E-state index in [4.69, 9.17) is 0 Å². The molecule has 2 aliphatic heterocycles. The van der Waals surface area contributed by atoms with Gasteiger partial charge in [0.05, 0.1) is 0 Å². The molecule has 2 aliphatic rings. The summed E-state index contributed by atoms with van der Waals surface area (Å²) in [5.74, 6) is -0.371. The average Bonchev–Trinajstić information content (AvgIpc) is 2.70. The molecule has 0 saturated carbocycles. The van der Waals surface area contributed by atoms with E-state index in [1.807, 2.05) is 18.2 Å². The molecule has 0 bridgehead atoms. The van der Waals surface area contributed by atoms with Gasteiger partial charge in [0, 0.05) is 38.3 Å². The minimum atomic E-state index is -1.31. The van der Waals surface area contributed by atoms with Crippen LogP contribution in [0.25, 0.3) is 0 Å². The Hall–Kier alpha value is -2.24. The molecule has 1 N–H and O–H groups in total. The van der Waals surface area contributed by atoms with Crippen molar-refractivity contribution >= 4 is 5.91 Å². The number of hydrogen-bond acceptors (Lipinski definition) is 3. The summed E-state index contributed by atoms with van der Waals surface area (Å²) in [5.41, 5.74) is 1.80. The van der Waals surface area contributed by atoms with Gasteiger partial charge in [-0.25, -0.2) is 4.39 Å². The fourth-order valence-corrected chi connectivity index (χ4v) is 4.13. The third kappa shape index (κ3) is 3.75. The largest absolute Gasteiger partial charge is 0.380 e. The van der Waals surface area contributed by atoms with E-state index in [-0.39, 0.29) is 11.7 Å². The van der Waals surface area contributed by atoms with Gasteiger partial charge in [-0.1, -0.05) is 42.5 Å². The Morgan fingerprint density at radius 1 is 1.00 bits per heavy atom. The quantitative estimate of drug-likeness (QED) is 0.906. The van der Waals surface area contributed by atoms with Gasteiger partial charge in [0.15, 0.2) is 0 Å². The van der Waals surface area contributed by atoms with Gasteiger partial charge in [0.1, 0.15) is 11.4 Å². The molecular formula is C22H25FN2O2. The zero-order valence-corrected chi connectivity index (χ0v) is 15.4. The van der Waals surface area contributed by atoms with Crippen LogP contribution in [0.5, 0.6) is 0 Å². The number of rotatable bonds is 3. The van der Waals surface area contributed by atoms with Gasteiger partial charge in [0.2, 0.25) is 0 Å². The highest BCUT2D eigenvalue weighted by Crippen LogP contribution is 2.28. The molecule has 0 aliphatic carbocycles. The van der Waals surface area contributed by atoms with Gasteiger partial charge in [0.25, 0.3) is 5.91 Å². The second-order valence-corrected chi connectivity index (χ2v) is 7.64. The van der Waals surface area contributed by atoms with Crippen LogP contribution in [0.2, 0.25) is 0 Å². The van der Waals surface area contributed by atoms with Crippen molar-refractivity contribution in [1.82, 2.24) is 9.80 Å². The number of halogens is 1. The van der Waals surface area contributed by atoms with Crippen molar-refractivity contribution in [2.75, 3.05) is 19.6 Å². The molecule has 0 unspecified atom stereocenters. The van der Waals surface area contributed by atoms with Crippen molar-refractivity contribution in [3.63, 3.8) is 0 Å². The number of carbonyl (C=O) groups is 1. The molecule has 2 aromatic rings. The minimum Gasteiger partial charge on any atom is -0.380 e. The van der Waals surface area contributed by atoms with E-state index in [9.17, 15) is 14.3 Å². The lowest BCUT2D eigenvalue weighted by molar-refractivity contribution is -0.157. The van der Waals surface area contributed by atoms with E-state index in [0.29, 0.717) is 51.1 Å². The van der Waals surface area contributed by atoms with Crippen LogP contribution in [0.3, 0.4) is 0 Å². The maximum Gasteiger partial charge on any atom is 0.254 e. The van der Waals surface area contributed by atoms with Crippen LogP contribution >= 0.6 is 0 Å². The van der Waals surface area contributed by atoms with Crippen LogP contribution in [0.1, 0.15) is 29.5 Å². The SMILES string of the molecule is O=C(N1CCc2ccccc2C1)C1(O)CCN(Cc2ccccc2F)CC1. The Balaban J connectivity index is 1.38. The number of piperidine rings is 1. The molecule has 0 atom stereocenters. The van der Waals surface area contributed by atoms with Crippen LogP contribution in [0, 0.1) is 5.82 Å². The number of amides is 1. The third-order valence-electron chi connectivity index (χ3n) is 5.85. The summed E-state index contributed by atoms with van der Waals surface area (Å²) in [5, 5.41) is 11.0. The maximum atomic E-state index is 13.9. The standard InChI is InChI=1S/C22H25FN2O2/c23-20-8-4-3-7-19(20)15-24-13-10-22(27,11-14-24)21(26)25-12-9-17-5-1-2-6-18(17)16-25/h1-8,27H,9-16H2. The molecule has 0 aromatic heterocycles. The number of fused-ring (bicyclic) bond motifs is 1. The molecule has 1 amide bonds. The predicted octanol–water partition coefficient (Wildman–Crippen LogP) is 2.74. The molecule has 142 valence electrons. The van der Waals surface area contributed by atoms with Crippen molar-refractivity contribution in [3.05, 3.63) is 71.0 Å². The summed E-state index contributed by atoms with van der Waals surface area (Å²) >= 11 is 0. The first-order valence-electron chi connectivity index (χ1n) is 9.59. The first kappa shape index (κ1) is 18.1. The highest BCUT2D eigenvalue weighted by molar-refractivity contribution is 5.85. The second-order valence-electron chi connectivity index (χ2n) is 7.64.